The largest absolute Gasteiger partial charge is 0.316 e. The molecule has 106 valence electrons. The van der Waals surface area contributed by atoms with Crippen LogP contribution in [0.5, 0.6) is 0 Å². The molecule has 3 heteroatoms. The van der Waals surface area contributed by atoms with Gasteiger partial charge >= 0.3 is 0 Å². The maximum atomic E-state index is 13.9. The normalized spacial score (nSPS) is 25.3. The number of rotatable bonds is 4. The highest BCUT2D eigenvalue weighted by Crippen LogP contribution is 2.31. The van der Waals surface area contributed by atoms with Gasteiger partial charge < -0.3 is 5.32 Å². The third-order valence-electron chi connectivity index (χ3n) is 4.46. The standard InChI is InChI=1S/C16H23ClFN/c1-11-3-5-12(6-4-11)16(19-2)9-13-7-8-14(17)10-15(13)18/h7-8,10-12,16,19H,3-6,9H2,1-2H3. The van der Waals surface area contributed by atoms with Crippen LogP contribution in [0.4, 0.5) is 4.39 Å². The van der Waals surface area contributed by atoms with Crippen LogP contribution in [0.3, 0.4) is 0 Å². The Balaban J connectivity index is 2.02. The van der Waals surface area contributed by atoms with Gasteiger partial charge in [-0.2, -0.15) is 0 Å². The molecular formula is C16H23ClFN. The number of hydrogen-bond acceptors (Lipinski definition) is 1. The molecular weight excluding hydrogens is 261 g/mol. The Labute approximate surface area is 120 Å². The minimum Gasteiger partial charge on any atom is -0.316 e. The van der Waals surface area contributed by atoms with Gasteiger partial charge in [0.15, 0.2) is 0 Å². The Morgan fingerprint density at radius 3 is 2.58 bits per heavy atom. The van der Waals surface area contributed by atoms with Gasteiger partial charge in [-0.3, -0.25) is 0 Å². The lowest BCUT2D eigenvalue weighted by Gasteiger charge is -2.32. The molecule has 1 nitrogen and oxygen atoms in total. The molecule has 1 N–H and O–H groups in total. The summed E-state index contributed by atoms with van der Waals surface area (Å²) < 4.78 is 13.9. The molecule has 0 saturated heterocycles. The van der Waals surface area contributed by atoms with Crippen LogP contribution in [0.2, 0.25) is 5.02 Å². The molecule has 1 saturated carbocycles. The van der Waals surface area contributed by atoms with Crippen molar-refractivity contribution < 1.29 is 4.39 Å². The second-order valence-electron chi connectivity index (χ2n) is 5.85. The van der Waals surface area contributed by atoms with E-state index in [4.69, 9.17) is 11.6 Å². The summed E-state index contributed by atoms with van der Waals surface area (Å²) >= 11 is 5.80. The minimum absolute atomic E-state index is 0.183. The van der Waals surface area contributed by atoms with Gasteiger partial charge in [-0.15, -0.1) is 0 Å². The van der Waals surface area contributed by atoms with E-state index in [1.54, 1.807) is 6.07 Å². The predicted octanol–water partition coefficient (Wildman–Crippen LogP) is 4.44. The molecule has 1 fully saturated rings. The number of hydrogen-bond donors (Lipinski definition) is 1. The van der Waals surface area contributed by atoms with E-state index in [1.165, 1.54) is 31.7 Å². The lowest BCUT2D eigenvalue weighted by atomic mass is 9.77. The minimum atomic E-state index is -0.183. The van der Waals surface area contributed by atoms with E-state index in [0.29, 0.717) is 17.0 Å². The molecule has 1 aromatic rings. The van der Waals surface area contributed by atoms with Crippen molar-refractivity contribution in [2.45, 2.75) is 45.1 Å². The average Bonchev–Trinajstić information content (AvgIpc) is 2.39. The van der Waals surface area contributed by atoms with Crippen molar-refractivity contribution in [3.63, 3.8) is 0 Å². The first-order valence-electron chi connectivity index (χ1n) is 7.21. The lowest BCUT2D eigenvalue weighted by Crippen LogP contribution is -2.37. The Hall–Kier alpha value is -0.600. The highest BCUT2D eigenvalue weighted by atomic mass is 35.5. The topological polar surface area (TPSA) is 12.0 Å². The zero-order valence-corrected chi connectivity index (χ0v) is 12.5. The van der Waals surface area contributed by atoms with Gasteiger partial charge in [0.25, 0.3) is 0 Å². The monoisotopic (exact) mass is 283 g/mol. The molecule has 1 aromatic carbocycles. The highest BCUT2D eigenvalue weighted by molar-refractivity contribution is 6.30. The smallest absolute Gasteiger partial charge is 0.127 e. The number of nitrogens with one attached hydrogen (secondary N) is 1. The van der Waals surface area contributed by atoms with Crippen LogP contribution in [0.15, 0.2) is 18.2 Å². The van der Waals surface area contributed by atoms with Gasteiger partial charge in [-0.25, -0.2) is 4.39 Å². The quantitative estimate of drug-likeness (QED) is 0.862. The van der Waals surface area contributed by atoms with Gasteiger partial charge in [0.05, 0.1) is 0 Å². The molecule has 1 aliphatic carbocycles. The number of benzene rings is 1. The SMILES string of the molecule is CNC(Cc1ccc(Cl)cc1F)C1CCC(C)CC1. The molecule has 1 unspecified atom stereocenters. The van der Waals surface area contributed by atoms with Gasteiger partial charge in [0, 0.05) is 11.1 Å². The molecule has 19 heavy (non-hydrogen) atoms. The molecule has 0 spiro atoms. The number of halogens is 2. The molecule has 0 radical (unpaired) electrons. The first-order chi connectivity index (χ1) is 9.10. The summed E-state index contributed by atoms with van der Waals surface area (Å²) in [7, 11) is 1.98. The predicted molar refractivity (Wildman–Crippen MR) is 79.1 cm³/mol. The molecule has 1 atom stereocenters. The molecule has 1 aliphatic rings. The summed E-state index contributed by atoms with van der Waals surface area (Å²) in [5.41, 5.74) is 0.766. The van der Waals surface area contributed by atoms with Crippen LogP contribution < -0.4 is 5.32 Å². The van der Waals surface area contributed by atoms with E-state index in [-0.39, 0.29) is 5.82 Å². The molecule has 0 bridgehead atoms. The summed E-state index contributed by atoms with van der Waals surface area (Å²) in [5, 5.41) is 3.84. The van der Waals surface area contributed by atoms with Crippen LogP contribution in [-0.2, 0) is 6.42 Å². The Morgan fingerprint density at radius 1 is 1.32 bits per heavy atom. The fraction of sp³-hybridized carbons (Fsp3) is 0.625. The Bertz CT molecular complexity index is 413. The molecule has 2 rings (SSSR count). The van der Waals surface area contributed by atoms with Gasteiger partial charge in [0.1, 0.15) is 5.82 Å². The first-order valence-corrected chi connectivity index (χ1v) is 7.59. The fourth-order valence-electron chi connectivity index (χ4n) is 3.12. The van der Waals surface area contributed by atoms with E-state index in [2.05, 4.69) is 12.2 Å². The van der Waals surface area contributed by atoms with Crippen LogP contribution in [-0.4, -0.2) is 13.1 Å². The number of likely N-dealkylation sites (N-methyl/N-ethyl adjacent to an activating group) is 1. The van der Waals surface area contributed by atoms with Gasteiger partial charge in [-0.05, 0) is 55.8 Å². The lowest BCUT2D eigenvalue weighted by molar-refractivity contribution is 0.234. The van der Waals surface area contributed by atoms with Crippen LogP contribution in [0.1, 0.15) is 38.2 Å². The van der Waals surface area contributed by atoms with Crippen molar-refractivity contribution in [1.29, 1.82) is 0 Å². The second kappa shape index (κ2) is 6.71. The van der Waals surface area contributed by atoms with Crippen molar-refractivity contribution in [2.24, 2.45) is 11.8 Å². The van der Waals surface area contributed by atoms with Crippen molar-refractivity contribution in [3.8, 4) is 0 Å². The van der Waals surface area contributed by atoms with Gasteiger partial charge in [0.2, 0.25) is 0 Å². The Morgan fingerprint density at radius 2 is 2.00 bits per heavy atom. The summed E-state index contributed by atoms with van der Waals surface area (Å²) in [4.78, 5) is 0. The van der Waals surface area contributed by atoms with Crippen LogP contribution in [0, 0.1) is 17.7 Å². The van der Waals surface area contributed by atoms with E-state index >= 15 is 0 Å². The maximum Gasteiger partial charge on any atom is 0.127 e. The zero-order chi connectivity index (χ0) is 13.8. The van der Waals surface area contributed by atoms with E-state index in [9.17, 15) is 4.39 Å². The first kappa shape index (κ1) is 14.8. The highest BCUT2D eigenvalue weighted by Gasteiger charge is 2.25. The fourth-order valence-corrected chi connectivity index (χ4v) is 3.28. The van der Waals surface area contributed by atoms with Crippen molar-refractivity contribution in [2.75, 3.05) is 7.05 Å². The summed E-state index contributed by atoms with van der Waals surface area (Å²) in [6, 6.07) is 5.36. The molecule has 0 heterocycles. The summed E-state index contributed by atoms with van der Waals surface area (Å²) in [6.07, 6.45) is 5.85. The maximum absolute atomic E-state index is 13.9. The van der Waals surface area contributed by atoms with Crippen molar-refractivity contribution >= 4 is 11.6 Å². The molecule has 0 aromatic heterocycles. The van der Waals surface area contributed by atoms with Crippen molar-refractivity contribution in [1.82, 2.24) is 5.32 Å². The third kappa shape index (κ3) is 3.93. The molecule has 0 aliphatic heterocycles. The van der Waals surface area contributed by atoms with Crippen LogP contribution >= 0.6 is 11.6 Å². The van der Waals surface area contributed by atoms with E-state index in [1.807, 2.05) is 13.1 Å². The summed E-state index contributed by atoms with van der Waals surface area (Å²) in [5.74, 6) is 1.33. The molecule has 0 amide bonds. The van der Waals surface area contributed by atoms with Gasteiger partial charge in [-0.1, -0.05) is 37.4 Å². The van der Waals surface area contributed by atoms with Crippen LogP contribution in [0.25, 0.3) is 0 Å². The zero-order valence-electron chi connectivity index (χ0n) is 11.8. The Kier molecular flexibility index (Phi) is 5.23. The second-order valence-corrected chi connectivity index (χ2v) is 6.29. The van der Waals surface area contributed by atoms with E-state index in [0.717, 1.165) is 17.9 Å². The van der Waals surface area contributed by atoms with Crippen molar-refractivity contribution in [3.05, 3.63) is 34.6 Å². The third-order valence-corrected chi connectivity index (χ3v) is 4.69. The average molecular weight is 284 g/mol. The summed E-state index contributed by atoms with van der Waals surface area (Å²) in [6.45, 7) is 2.32. The van der Waals surface area contributed by atoms with E-state index < -0.39 is 0 Å².